The highest BCUT2D eigenvalue weighted by molar-refractivity contribution is 5.85. The van der Waals surface area contributed by atoms with E-state index < -0.39 is 0 Å². The molecule has 0 atom stereocenters. The Kier molecular flexibility index (Phi) is 4.79. The summed E-state index contributed by atoms with van der Waals surface area (Å²) < 4.78 is 5.88. The molecular formula is C28H42N2O3. The predicted octanol–water partition coefficient (Wildman–Crippen LogP) is 4.11. The van der Waals surface area contributed by atoms with Crippen LogP contribution in [-0.2, 0) is 14.3 Å². The normalized spacial score (nSPS) is 50.0. The van der Waals surface area contributed by atoms with E-state index in [9.17, 15) is 9.59 Å². The number of hydrogen-bond acceptors (Lipinski definition) is 3. The molecule has 0 unspecified atom stereocenters. The summed E-state index contributed by atoms with van der Waals surface area (Å²) in [4.78, 5) is 32.3. The fraction of sp³-hybridized carbons (Fsp3) is 0.929. The summed E-state index contributed by atoms with van der Waals surface area (Å²) in [6, 6.07) is 0. The lowest BCUT2D eigenvalue weighted by Crippen LogP contribution is -2.56. The third kappa shape index (κ3) is 3.34. The minimum absolute atomic E-state index is 0.0665. The average molecular weight is 455 g/mol. The molecule has 0 spiro atoms. The van der Waals surface area contributed by atoms with Gasteiger partial charge in [-0.3, -0.25) is 9.59 Å². The van der Waals surface area contributed by atoms with Crippen LogP contribution in [0.15, 0.2) is 0 Å². The van der Waals surface area contributed by atoms with Crippen molar-refractivity contribution in [3.05, 3.63) is 0 Å². The van der Waals surface area contributed by atoms with Gasteiger partial charge in [-0.1, -0.05) is 0 Å². The monoisotopic (exact) mass is 454 g/mol. The first kappa shape index (κ1) is 21.2. The minimum Gasteiger partial charge on any atom is -0.378 e. The molecule has 0 aromatic rings. The van der Waals surface area contributed by atoms with Crippen molar-refractivity contribution in [2.75, 3.05) is 33.3 Å². The molecule has 8 bridgehead atoms. The van der Waals surface area contributed by atoms with E-state index in [0.29, 0.717) is 38.0 Å². The van der Waals surface area contributed by atoms with Gasteiger partial charge in [0.15, 0.2) is 0 Å². The number of hydrogen-bond donors (Lipinski definition) is 0. The van der Waals surface area contributed by atoms with E-state index >= 15 is 0 Å². The van der Waals surface area contributed by atoms with Gasteiger partial charge in [0.2, 0.25) is 11.8 Å². The van der Waals surface area contributed by atoms with Crippen molar-refractivity contribution in [1.29, 1.82) is 0 Å². The van der Waals surface area contributed by atoms with Crippen LogP contribution in [0.1, 0.15) is 77.0 Å². The number of amides is 2. The Bertz CT molecular complexity index is 700. The SMILES string of the molecule is COC1CN(C(=O)C23CC4CC(CC(C4)C2)C3)CCN(C(=O)C23CC4CC(CC(C4)C2)C3)C1. The van der Waals surface area contributed by atoms with E-state index in [1.54, 1.807) is 7.11 Å². The van der Waals surface area contributed by atoms with Crippen LogP contribution in [0.5, 0.6) is 0 Å². The molecule has 182 valence electrons. The van der Waals surface area contributed by atoms with Crippen molar-refractivity contribution in [1.82, 2.24) is 9.80 Å². The van der Waals surface area contributed by atoms with Crippen molar-refractivity contribution in [3.8, 4) is 0 Å². The molecule has 5 nitrogen and oxygen atoms in total. The van der Waals surface area contributed by atoms with Crippen LogP contribution in [0.2, 0.25) is 0 Å². The van der Waals surface area contributed by atoms with Crippen molar-refractivity contribution >= 4 is 11.8 Å². The van der Waals surface area contributed by atoms with Gasteiger partial charge in [-0.15, -0.1) is 0 Å². The van der Waals surface area contributed by atoms with E-state index in [1.807, 2.05) is 0 Å². The molecule has 33 heavy (non-hydrogen) atoms. The van der Waals surface area contributed by atoms with Crippen LogP contribution in [0.25, 0.3) is 0 Å². The Balaban J connectivity index is 1.09. The van der Waals surface area contributed by atoms with Crippen LogP contribution in [0, 0.1) is 46.3 Å². The Morgan fingerprint density at radius 3 is 1.18 bits per heavy atom. The first-order valence-corrected chi connectivity index (χ1v) is 14.1. The van der Waals surface area contributed by atoms with Crippen LogP contribution >= 0.6 is 0 Å². The van der Waals surface area contributed by atoms with E-state index in [1.165, 1.54) is 38.5 Å². The van der Waals surface area contributed by atoms with Crippen LogP contribution in [0.3, 0.4) is 0 Å². The highest BCUT2D eigenvalue weighted by atomic mass is 16.5. The fourth-order valence-corrected chi connectivity index (χ4v) is 10.9. The molecule has 1 saturated heterocycles. The lowest BCUT2D eigenvalue weighted by Gasteiger charge is -2.56. The fourth-order valence-electron chi connectivity index (χ4n) is 10.9. The van der Waals surface area contributed by atoms with Crippen LogP contribution in [-0.4, -0.2) is 61.0 Å². The Labute approximate surface area is 199 Å². The highest BCUT2D eigenvalue weighted by Crippen LogP contribution is 2.62. The molecule has 8 saturated carbocycles. The average Bonchev–Trinajstić information content (AvgIpc) is 2.99. The number of carbonyl (C=O) groups excluding carboxylic acids is 2. The number of nitrogens with zero attached hydrogens (tertiary/aromatic N) is 2. The number of rotatable bonds is 3. The zero-order chi connectivity index (χ0) is 22.4. The summed E-state index contributed by atoms with van der Waals surface area (Å²) in [5.41, 5.74) is -0.210. The molecule has 1 aliphatic heterocycles. The lowest BCUT2D eigenvalue weighted by atomic mass is 9.49. The Morgan fingerprint density at radius 2 is 0.909 bits per heavy atom. The lowest BCUT2D eigenvalue weighted by molar-refractivity contribution is -0.159. The molecule has 0 aromatic carbocycles. The third-order valence-electron chi connectivity index (χ3n) is 11.4. The maximum atomic E-state index is 14.0. The van der Waals surface area contributed by atoms with Gasteiger partial charge in [-0.2, -0.15) is 0 Å². The maximum absolute atomic E-state index is 14.0. The predicted molar refractivity (Wildman–Crippen MR) is 125 cm³/mol. The molecular weight excluding hydrogens is 412 g/mol. The van der Waals surface area contributed by atoms with Crippen molar-refractivity contribution < 1.29 is 14.3 Å². The van der Waals surface area contributed by atoms with Gasteiger partial charge in [-0.05, 0) is 113 Å². The van der Waals surface area contributed by atoms with E-state index in [0.717, 1.165) is 74.0 Å². The minimum atomic E-state index is -0.105. The Hall–Kier alpha value is -1.10. The van der Waals surface area contributed by atoms with E-state index in [2.05, 4.69) is 9.80 Å². The zero-order valence-corrected chi connectivity index (χ0v) is 20.5. The van der Waals surface area contributed by atoms with Gasteiger partial charge < -0.3 is 14.5 Å². The second-order valence-corrected chi connectivity index (χ2v) is 13.8. The molecule has 9 fully saturated rings. The van der Waals surface area contributed by atoms with Crippen molar-refractivity contribution in [2.24, 2.45) is 46.3 Å². The molecule has 0 aromatic heterocycles. The molecule has 0 radical (unpaired) electrons. The first-order chi connectivity index (χ1) is 15.9. The summed E-state index contributed by atoms with van der Waals surface area (Å²) in [7, 11) is 1.76. The molecule has 5 heteroatoms. The number of ether oxygens (including phenoxy) is 1. The first-order valence-electron chi connectivity index (χ1n) is 14.1. The van der Waals surface area contributed by atoms with Gasteiger partial charge in [0.25, 0.3) is 0 Å². The molecule has 8 aliphatic carbocycles. The molecule has 1 heterocycles. The van der Waals surface area contributed by atoms with Gasteiger partial charge in [0.1, 0.15) is 0 Å². The number of carbonyl (C=O) groups is 2. The second-order valence-electron chi connectivity index (χ2n) is 13.8. The smallest absolute Gasteiger partial charge is 0.228 e. The van der Waals surface area contributed by atoms with Gasteiger partial charge in [0, 0.05) is 33.3 Å². The second kappa shape index (κ2) is 7.45. The van der Waals surface area contributed by atoms with Crippen LogP contribution < -0.4 is 0 Å². The van der Waals surface area contributed by atoms with E-state index in [4.69, 9.17) is 4.74 Å². The highest BCUT2D eigenvalue weighted by Gasteiger charge is 2.57. The summed E-state index contributed by atoms with van der Waals surface area (Å²) in [5, 5.41) is 0. The zero-order valence-electron chi connectivity index (χ0n) is 20.5. The quantitative estimate of drug-likeness (QED) is 0.645. The third-order valence-corrected chi connectivity index (χ3v) is 11.4. The Morgan fingerprint density at radius 1 is 0.606 bits per heavy atom. The van der Waals surface area contributed by atoms with Crippen LogP contribution in [0.4, 0.5) is 0 Å². The van der Waals surface area contributed by atoms with E-state index in [-0.39, 0.29) is 16.9 Å². The maximum Gasteiger partial charge on any atom is 0.228 e. The molecule has 9 aliphatic rings. The van der Waals surface area contributed by atoms with Crippen molar-refractivity contribution in [2.45, 2.75) is 83.2 Å². The number of methoxy groups -OCH3 is 1. The summed E-state index contributed by atoms with van der Waals surface area (Å²) in [6.45, 7) is 2.70. The molecule has 0 N–H and O–H groups in total. The van der Waals surface area contributed by atoms with Crippen molar-refractivity contribution in [3.63, 3.8) is 0 Å². The molecule has 9 rings (SSSR count). The largest absolute Gasteiger partial charge is 0.378 e. The summed E-state index contributed by atoms with van der Waals surface area (Å²) in [5.74, 6) is 5.46. The van der Waals surface area contributed by atoms with Gasteiger partial charge >= 0.3 is 0 Å². The van der Waals surface area contributed by atoms with Gasteiger partial charge in [0.05, 0.1) is 16.9 Å². The topological polar surface area (TPSA) is 49.9 Å². The summed E-state index contributed by atoms with van der Waals surface area (Å²) >= 11 is 0. The summed E-state index contributed by atoms with van der Waals surface area (Å²) in [6.07, 6.45) is 14.8. The van der Waals surface area contributed by atoms with Gasteiger partial charge in [-0.25, -0.2) is 0 Å². The molecule has 2 amide bonds. The standard InChI is InChI=1S/C28H42N2O3/c1-33-24-16-29(25(31)27-10-18-4-19(11-27)6-20(5-18)12-27)2-3-30(17-24)26(32)28-13-21-7-22(14-28)9-23(8-21)15-28/h18-24H,2-17H2,1H3.